The van der Waals surface area contributed by atoms with Gasteiger partial charge in [-0.05, 0) is 0 Å². The highest BCUT2D eigenvalue weighted by atomic mass is 19.4. The van der Waals surface area contributed by atoms with Crippen molar-refractivity contribution in [2.24, 2.45) is 0 Å². The SMILES string of the molecule is FC(F)(F)[C@@]1(F)C(F)(F)[C@](F)(C(F)(F)F)[C@](F)(C(F)(F)F)C(F)(F)[C@]1(F)C(F)(F)F. The van der Waals surface area contributed by atoms with Crippen LogP contribution in [-0.2, 0) is 0 Å². The van der Waals surface area contributed by atoms with Crippen LogP contribution in [0.4, 0.5) is 87.8 Å². The lowest BCUT2D eigenvalue weighted by molar-refractivity contribution is -0.538. The zero-order valence-corrected chi connectivity index (χ0v) is 12.6. The van der Waals surface area contributed by atoms with Gasteiger partial charge in [0.1, 0.15) is 0 Å². The molecule has 0 aliphatic heterocycles. The molecule has 0 bridgehead atoms. The summed E-state index contributed by atoms with van der Waals surface area (Å²) in [6.45, 7) is 0. The highest BCUT2D eigenvalue weighted by molar-refractivity contribution is 5.40. The topological polar surface area (TPSA) is 0 Å². The molecule has 4 atom stereocenters. The maximum absolute atomic E-state index is 13.9. The third-order valence-electron chi connectivity index (χ3n) is 4.24. The van der Waals surface area contributed by atoms with Gasteiger partial charge in [0.2, 0.25) is 0 Å². The van der Waals surface area contributed by atoms with Crippen LogP contribution in [0.15, 0.2) is 0 Å². The summed E-state index contributed by atoms with van der Waals surface area (Å²) in [4.78, 5) is 0. The van der Waals surface area contributed by atoms with E-state index in [-0.39, 0.29) is 0 Å². The van der Waals surface area contributed by atoms with Crippen molar-refractivity contribution in [3.8, 4) is 0 Å². The van der Waals surface area contributed by atoms with Crippen LogP contribution in [0, 0.1) is 0 Å². The molecule has 1 aliphatic rings. The van der Waals surface area contributed by atoms with E-state index in [0.29, 0.717) is 0 Å². The van der Waals surface area contributed by atoms with Gasteiger partial charge in [-0.2, -0.15) is 70.2 Å². The highest BCUT2D eigenvalue weighted by Crippen LogP contribution is 2.78. The van der Waals surface area contributed by atoms with E-state index < -0.39 is 59.2 Å². The van der Waals surface area contributed by atoms with Crippen LogP contribution in [0.5, 0.6) is 0 Å². The van der Waals surface area contributed by atoms with Crippen LogP contribution in [0.1, 0.15) is 0 Å². The lowest BCUT2D eigenvalue weighted by Crippen LogP contribution is -2.96. The second-order valence-corrected chi connectivity index (χ2v) is 5.77. The van der Waals surface area contributed by atoms with Crippen molar-refractivity contribution in [1.82, 2.24) is 0 Å². The fourth-order valence-corrected chi connectivity index (χ4v) is 2.83. The molecule has 1 aliphatic carbocycles. The van der Waals surface area contributed by atoms with E-state index in [9.17, 15) is 87.8 Å². The van der Waals surface area contributed by atoms with E-state index >= 15 is 0 Å². The largest absolute Gasteiger partial charge is 0.432 e. The molecule has 1 fully saturated rings. The average Bonchev–Trinajstić information content (AvgIpc) is 2.45. The first-order chi connectivity index (χ1) is 12.5. The van der Waals surface area contributed by atoms with E-state index in [2.05, 4.69) is 0 Å². The maximum Gasteiger partial charge on any atom is 0.432 e. The van der Waals surface area contributed by atoms with Gasteiger partial charge in [-0.1, -0.05) is 0 Å². The fraction of sp³-hybridized carbons (Fsp3) is 1.00. The zero-order chi connectivity index (χ0) is 25.0. The molecule has 0 nitrogen and oxygen atoms in total. The molecule has 0 radical (unpaired) electrons. The van der Waals surface area contributed by atoms with Crippen LogP contribution in [0.3, 0.4) is 0 Å². The minimum absolute atomic E-state index is 8.61. The first kappa shape index (κ1) is 26.6. The van der Waals surface area contributed by atoms with E-state index in [4.69, 9.17) is 0 Å². The molecule has 0 saturated heterocycles. The second kappa shape index (κ2) is 5.69. The van der Waals surface area contributed by atoms with Gasteiger partial charge in [0.25, 0.3) is 0 Å². The smallest absolute Gasteiger partial charge is 0.222 e. The van der Waals surface area contributed by atoms with E-state index in [1.807, 2.05) is 0 Å². The van der Waals surface area contributed by atoms with Gasteiger partial charge in [-0.3, -0.25) is 0 Å². The molecule has 0 aromatic heterocycles. The summed E-state index contributed by atoms with van der Waals surface area (Å²) in [6, 6.07) is 0. The Bertz CT molecular complexity index is 574. The lowest BCUT2D eigenvalue weighted by Gasteiger charge is -2.60. The Labute approximate surface area is 148 Å². The van der Waals surface area contributed by atoms with E-state index in [0.717, 1.165) is 0 Å². The van der Waals surface area contributed by atoms with Crippen molar-refractivity contribution in [3.63, 3.8) is 0 Å². The standard InChI is InChI=1S/C10F20/c11-1(7(19,20)21)2(12,8(22,23)24)6(17,18)4(14,10(28,29)30)3(13,5(1,15)16)9(25,26)27/t1-,2-,3-,4+/m0/s1. The van der Waals surface area contributed by atoms with Crippen LogP contribution in [0.25, 0.3) is 0 Å². The number of rotatable bonds is 0. The summed E-state index contributed by atoms with van der Waals surface area (Å²) in [5, 5.41) is 0. The number of hydrogen-bond donors (Lipinski definition) is 0. The summed E-state index contributed by atoms with van der Waals surface area (Å²) in [6.07, 6.45) is -34.4. The Kier molecular flexibility index (Phi) is 5.05. The molecule has 20 heteroatoms. The van der Waals surface area contributed by atoms with Crippen molar-refractivity contribution in [2.45, 2.75) is 59.2 Å². The minimum Gasteiger partial charge on any atom is -0.222 e. The molecule has 1 saturated carbocycles. The first-order valence-electron chi connectivity index (χ1n) is 6.28. The molecule has 0 amide bonds. The Morgan fingerprint density at radius 1 is 0.267 bits per heavy atom. The Morgan fingerprint density at radius 2 is 0.367 bits per heavy atom. The predicted octanol–water partition coefficient (Wildman–Crippen LogP) is 6.35. The van der Waals surface area contributed by atoms with Gasteiger partial charge >= 0.3 is 59.2 Å². The summed E-state index contributed by atoms with van der Waals surface area (Å²) in [5.74, 6) is -18.3. The highest BCUT2D eigenvalue weighted by Gasteiger charge is 3.13. The van der Waals surface area contributed by atoms with E-state index in [1.165, 1.54) is 0 Å². The first-order valence-corrected chi connectivity index (χ1v) is 6.28. The Balaban J connectivity index is 4.59. The molecular weight excluding hydrogens is 500 g/mol. The normalized spacial score (nSPS) is 40.4. The quantitative estimate of drug-likeness (QED) is 0.340. The summed E-state index contributed by atoms with van der Waals surface area (Å²) >= 11 is 0. The third kappa shape index (κ3) is 2.22. The predicted molar refractivity (Wildman–Crippen MR) is 49.5 cm³/mol. The maximum atomic E-state index is 13.9. The third-order valence-corrected chi connectivity index (χ3v) is 4.24. The summed E-state index contributed by atoms with van der Waals surface area (Å²) < 4.78 is 262. The zero-order valence-electron chi connectivity index (χ0n) is 12.6. The summed E-state index contributed by atoms with van der Waals surface area (Å²) in [7, 11) is 0. The van der Waals surface area contributed by atoms with Crippen LogP contribution in [0.2, 0.25) is 0 Å². The Morgan fingerprint density at radius 3 is 0.433 bits per heavy atom. The molecule has 0 heterocycles. The molecule has 1 rings (SSSR count). The van der Waals surface area contributed by atoms with Crippen molar-refractivity contribution in [2.75, 3.05) is 0 Å². The number of halogens is 20. The van der Waals surface area contributed by atoms with Gasteiger partial charge in [-0.15, -0.1) is 0 Å². The van der Waals surface area contributed by atoms with Crippen molar-refractivity contribution in [1.29, 1.82) is 0 Å². The molecule has 0 aromatic rings. The number of hydrogen-bond acceptors (Lipinski definition) is 0. The van der Waals surface area contributed by atoms with Gasteiger partial charge in [-0.25, -0.2) is 17.6 Å². The van der Waals surface area contributed by atoms with E-state index in [1.54, 1.807) is 0 Å². The molecule has 0 unspecified atom stereocenters. The average molecular weight is 500 g/mol. The lowest BCUT2D eigenvalue weighted by atomic mass is 9.55. The number of alkyl halides is 20. The van der Waals surface area contributed by atoms with Gasteiger partial charge in [0.05, 0.1) is 0 Å². The Hall–Kier alpha value is -1.40. The van der Waals surface area contributed by atoms with Crippen molar-refractivity contribution >= 4 is 0 Å². The van der Waals surface area contributed by atoms with Gasteiger partial charge in [0.15, 0.2) is 0 Å². The van der Waals surface area contributed by atoms with Crippen LogP contribution >= 0.6 is 0 Å². The molecule has 180 valence electrons. The minimum atomic E-state index is -9.16. The molecule has 0 aromatic carbocycles. The second-order valence-electron chi connectivity index (χ2n) is 5.77. The monoisotopic (exact) mass is 500 g/mol. The summed E-state index contributed by atoms with van der Waals surface area (Å²) in [5.41, 5.74) is -36.4. The van der Waals surface area contributed by atoms with Crippen molar-refractivity contribution in [3.05, 3.63) is 0 Å². The van der Waals surface area contributed by atoms with Crippen molar-refractivity contribution < 1.29 is 87.8 Å². The molecule has 30 heavy (non-hydrogen) atoms. The molecular formula is C10F20. The van der Waals surface area contributed by atoms with Crippen LogP contribution in [-0.4, -0.2) is 59.2 Å². The van der Waals surface area contributed by atoms with Gasteiger partial charge in [0, 0.05) is 0 Å². The molecule has 0 spiro atoms. The fourth-order valence-electron chi connectivity index (χ4n) is 2.83. The molecule has 0 N–H and O–H groups in total. The van der Waals surface area contributed by atoms with Crippen LogP contribution < -0.4 is 0 Å². The van der Waals surface area contributed by atoms with Gasteiger partial charge < -0.3 is 0 Å².